The van der Waals surface area contributed by atoms with Gasteiger partial charge < -0.3 is 10.2 Å². The summed E-state index contributed by atoms with van der Waals surface area (Å²) in [4.78, 5) is 28.2. The van der Waals surface area contributed by atoms with Crippen LogP contribution in [0.5, 0.6) is 0 Å². The Kier molecular flexibility index (Phi) is 10.6. The molecule has 0 aliphatic rings. The first-order valence-electron chi connectivity index (χ1n) is 12.7. The SMILES string of the molecule is CC[C@H](C)NC(=O)[C@@H](C)N(Cc1ccc(Cl)c(Cl)c1)C(=O)CN(c1ccc(F)cc1)S(=O)(=O)c1ccc(C)cc1. The van der Waals surface area contributed by atoms with Gasteiger partial charge in [0.1, 0.15) is 18.4 Å². The molecule has 3 rings (SSSR count). The lowest BCUT2D eigenvalue weighted by molar-refractivity contribution is -0.139. The first-order chi connectivity index (χ1) is 18.8. The highest BCUT2D eigenvalue weighted by Crippen LogP contribution is 2.27. The van der Waals surface area contributed by atoms with Crippen LogP contribution in [0.15, 0.2) is 71.6 Å². The number of anilines is 1. The zero-order valence-electron chi connectivity index (χ0n) is 22.7. The zero-order chi connectivity index (χ0) is 29.6. The largest absolute Gasteiger partial charge is 0.352 e. The summed E-state index contributed by atoms with van der Waals surface area (Å²) in [5.41, 5.74) is 1.56. The van der Waals surface area contributed by atoms with E-state index in [0.717, 1.165) is 22.0 Å². The third-order valence-electron chi connectivity index (χ3n) is 6.51. The molecule has 0 unspecified atom stereocenters. The Bertz CT molecular complexity index is 1450. The average molecular weight is 609 g/mol. The van der Waals surface area contributed by atoms with Gasteiger partial charge in [0, 0.05) is 12.6 Å². The number of nitrogens with zero attached hydrogens (tertiary/aromatic N) is 2. The Labute approximate surface area is 244 Å². The number of hydrogen-bond acceptors (Lipinski definition) is 4. The lowest BCUT2D eigenvalue weighted by atomic mass is 10.1. The van der Waals surface area contributed by atoms with Gasteiger partial charge in [0.2, 0.25) is 11.8 Å². The van der Waals surface area contributed by atoms with Crippen LogP contribution in [0.2, 0.25) is 10.0 Å². The van der Waals surface area contributed by atoms with Gasteiger partial charge in [-0.15, -0.1) is 0 Å². The molecule has 2 amide bonds. The van der Waals surface area contributed by atoms with E-state index in [1.807, 2.05) is 20.8 Å². The minimum atomic E-state index is -4.24. The van der Waals surface area contributed by atoms with Crippen molar-refractivity contribution in [1.82, 2.24) is 10.2 Å². The standard InChI is InChI=1S/C29H32Cl2FN3O4S/c1-5-20(3)33-29(37)21(4)34(17-22-8-15-26(30)27(31)16-22)28(36)18-35(24-11-9-23(32)10-12-24)40(38,39)25-13-6-19(2)7-14-25/h6-16,20-21H,5,17-18H2,1-4H3,(H,33,37)/t20-,21+/m0/s1. The van der Waals surface area contributed by atoms with Crippen LogP contribution in [0.3, 0.4) is 0 Å². The van der Waals surface area contributed by atoms with Crippen molar-refractivity contribution >= 4 is 50.7 Å². The molecule has 0 bridgehead atoms. The predicted molar refractivity (Wildman–Crippen MR) is 156 cm³/mol. The van der Waals surface area contributed by atoms with Gasteiger partial charge >= 0.3 is 0 Å². The summed E-state index contributed by atoms with van der Waals surface area (Å²) in [6.45, 7) is 6.50. The minimum absolute atomic E-state index is 0.0335. The normalized spacial score (nSPS) is 12.9. The van der Waals surface area contributed by atoms with Crippen molar-refractivity contribution in [3.63, 3.8) is 0 Å². The molecule has 11 heteroatoms. The molecular formula is C29H32Cl2FN3O4S. The van der Waals surface area contributed by atoms with E-state index in [4.69, 9.17) is 23.2 Å². The fraction of sp³-hybridized carbons (Fsp3) is 0.310. The molecule has 3 aromatic rings. The van der Waals surface area contributed by atoms with Crippen LogP contribution in [0.1, 0.15) is 38.3 Å². The van der Waals surface area contributed by atoms with Crippen molar-refractivity contribution in [1.29, 1.82) is 0 Å². The van der Waals surface area contributed by atoms with Gasteiger partial charge in [-0.3, -0.25) is 13.9 Å². The Hall–Kier alpha value is -3.14. The first kappa shape index (κ1) is 31.4. The summed E-state index contributed by atoms with van der Waals surface area (Å²) in [7, 11) is -4.24. The molecule has 0 spiro atoms. The fourth-order valence-corrected chi connectivity index (χ4v) is 5.59. The number of amides is 2. The maximum Gasteiger partial charge on any atom is 0.264 e. The van der Waals surface area contributed by atoms with Crippen molar-refractivity contribution in [2.45, 2.75) is 57.6 Å². The molecule has 0 aromatic heterocycles. The van der Waals surface area contributed by atoms with E-state index in [2.05, 4.69) is 5.32 Å². The molecular weight excluding hydrogens is 576 g/mol. The second-order valence-corrected chi connectivity index (χ2v) is 12.2. The second-order valence-electron chi connectivity index (χ2n) is 9.57. The topological polar surface area (TPSA) is 86.8 Å². The van der Waals surface area contributed by atoms with Gasteiger partial charge in [-0.2, -0.15) is 0 Å². The van der Waals surface area contributed by atoms with Gasteiger partial charge in [-0.05, 0) is 81.3 Å². The number of sulfonamides is 1. The van der Waals surface area contributed by atoms with Crippen LogP contribution >= 0.6 is 23.2 Å². The molecule has 1 N–H and O–H groups in total. The van der Waals surface area contributed by atoms with E-state index in [9.17, 15) is 22.4 Å². The molecule has 3 aromatic carbocycles. The molecule has 7 nitrogen and oxygen atoms in total. The van der Waals surface area contributed by atoms with Crippen LogP contribution in [0.4, 0.5) is 10.1 Å². The number of carbonyl (C=O) groups excluding carboxylic acids is 2. The highest BCUT2D eigenvalue weighted by atomic mass is 35.5. The van der Waals surface area contributed by atoms with E-state index in [1.54, 1.807) is 37.3 Å². The highest BCUT2D eigenvalue weighted by molar-refractivity contribution is 7.92. The molecule has 40 heavy (non-hydrogen) atoms. The quantitative estimate of drug-likeness (QED) is 0.291. The number of aryl methyl sites for hydroxylation is 1. The first-order valence-corrected chi connectivity index (χ1v) is 14.9. The maximum atomic E-state index is 13.9. The van der Waals surface area contributed by atoms with E-state index in [0.29, 0.717) is 17.0 Å². The van der Waals surface area contributed by atoms with Crippen molar-refractivity contribution in [2.75, 3.05) is 10.8 Å². The van der Waals surface area contributed by atoms with Crippen molar-refractivity contribution in [3.8, 4) is 0 Å². The lowest BCUT2D eigenvalue weighted by Crippen LogP contribution is -2.52. The summed E-state index contributed by atoms with van der Waals surface area (Å²) >= 11 is 12.2. The summed E-state index contributed by atoms with van der Waals surface area (Å²) in [6, 6.07) is 14.8. The zero-order valence-corrected chi connectivity index (χ0v) is 25.0. The van der Waals surface area contributed by atoms with Crippen LogP contribution in [-0.2, 0) is 26.2 Å². The molecule has 0 fully saturated rings. The minimum Gasteiger partial charge on any atom is -0.352 e. The van der Waals surface area contributed by atoms with Crippen LogP contribution in [-0.4, -0.2) is 43.8 Å². The van der Waals surface area contributed by atoms with Crippen molar-refractivity contribution in [3.05, 3.63) is 93.7 Å². The van der Waals surface area contributed by atoms with Crippen LogP contribution < -0.4 is 9.62 Å². The number of hydrogen-bond donors (Lipinski definition) is 1. The number of halogens is 3. The fourth-order valence-electron chi connectivity index (χ4n) is 3.86. The number of nitrogens with one attached hydrogen (secondary N) is 1. The molecule has 0 saturated carbocycles. The predicted octanol–water partition coefficient (Wildman–Crippen LogP) is 5.97. The number of benzene rings is 3. The second kappa shape index (κ2) is 13.5. The van der Waals surface area contributed by atoms with Gasteiger partial charge in [-0.25, -0.2) is 12.8 Å². The van der Waals surface area contributed by atoms with Gasteiger partial charge in [0.05, 0.1) is 20.6 Å². The van der Waals surface area contributed by atoms with Crippen LogP contribution in [0, 0.1) is 12.7 Å². The molecule has 214 valence electrons. The maximum absolute atomic E-state index is 13.9. The molecule has 0 saturated heterocycles. The van der Waals surface area contributed by atoms with E-state index in [1.165, 1.54) is 29.2 Å². The van der Waals surface area contributed by atoms with Crippen molar-refractivity contribution in [2.24, 2.45) is 0 Å². The van der Waals surface area contributed by atoms with E-state index < -0.39 is 40.2 Å². The van der Waals surface area contributed by atoms with Crippen molar-refractivity contribution < 1.29 is 22.4 Å². The summed E-state index contributed by atoms with van der Waals surface area (Å²) in [5, 5.41) is 3.48. The molecule has 0 aliphatic carbocycles. The Balaban J connectivity index is 2.03. The van der Waals surface area contributed by atoms with Crippen LogP contribution in [0.25, 0.3) is 0 Å². The smallest absolute Gasteiger partial charge is 0.264 e. The molecule has 0 aliphatic heterocycles. The third-order valence-corrected chi connectivity index (χ3v) is 9.03. The monoisotopic (exact) mass is 607 g/mol. The van der Waals surface area contributed by atoms with E-state index >= 15 is 0 Å². The van der Waals surface area contributed by atoms with Gasteiger partial charge in [-0.1, -0.05) is 53.9 Å². The number of carbonyl (C=O) groups is 2. The Morgan fingerprint density at radius 1 is 0.950 bits per heavy atom. The summed E-state index contributed by atoms with van der Waals surface area (Å²) in [6.07, 6.45) is 0.687. The highest BCUT2D eigenvalue weighted by Gasteiger charge is 2.33. The molecule has 0 radical (unpaired) electrons. The van der Waals surface area contributed by atoms with Gasteiger partial charge in [0.15, 0.2) is 0 Å². The third kappa shape index (κ3) is 7.74. The number of rotatable bonds is 11. The summed E-state index contributed by atoms with van der Waals surface area (Å²) in [5.74, 6) is -1.59. The van der Waals surface area contributed by atoms with E-state index in [-0.39, 0.29) is 28.2 Å². The average Bonchev–Trinajstić information content (AvgIpc) is 2.92. The van der Waals surface area contributed by atoms with Gasteiger partial charge in [0.25, 0.3) is 10.0 Å². The molecule has 0 heterocycles. The summed E-state index contributed by atoms with van der Waals surface area (Å²) < 4.78 is 42.2. The Morgan fingerprint density at radius 3 is 2.15 bits per heavy atom. The molecule has 2 atom stereocenters. The lowest BCUT2D eigenvalue weighted by Gasteiger charge is -2.32. The Morgan fingerprint density at radius 2 is 1.57 bits per heavy atom.